The third-order valence-electron chi connectivity index (χ3n) is 3.49. The molecule has 3 rings (SSSR count). The van der Waals surface area contributed by atoms with Crippen LogP contribution in [0.5, 0.6) is 5.75 Å². The number of carbonyl (C=O) groups is 2. The van der Waals surface area contributed by atoms with Crippen molar-refractivity contribution in [3.05, 3.63) is 89.0 Å². The van der Waals surface area contributed by atoms with Crippen molar-refractivity contribution < 1.29 is 14.3 Å². The van der Waals surface area contributed by atoms with Crippen molar-refractivity contribution in [2.24, 2.45) is 0 Å². The topological polar surface area (TPSA) is 93.2 Å². The smallest absolute Gasteiger partial charge is 0.307 e. The van der Waals surface area contributed by atoms with E-state index >= 15 is 0 Å². The second-order valence-corrected chi connectivity index (χ2v) is 5.86. The van der Waals surface area contributed by atoms with E-state index in [4.69, 9.17) is 16.3 Å². The molecule has 1 aromatic heterocycles. The van der Waals surface area contributed by atoms with Gasteiger partial charge in [-0.05, 0) is 48.0 Å². The van der Waals surface area contributed by atoms with Crippen LogP contribution in [0.2, 0.25) is 5.02 Å². The van der Waals surface area contributed by atoms with E-state index in [0.717, 1.165) is 5.56 Å². The highest BCUT2D eigenvalue weighted by Gasteiger charge is 2.10. The van der Waals surface area contributed by atoms with Crippen LogP contribution in [0.3, 0.4) is 0 Å². The number of carbonyl (C=O) groups excluding carboxylic acids is 2. The number of nitrogens with zero attached hydrogens (tertiary/aromatic N) is 2. The predicted molar refractivity (Wildman–Crippen MR) is 99.2 cm³/mol. The lowest BCUT2D eigenvalue weighted by Crippen LogP contribution is -2.42. The van der Waals surface area contributed by atoms with Crippen LogP contribution < -0.4 is 15.6 Å². The first-order chi connectivity index (χ1) is 13.1. The van der Waals surface area contributed by atoms with E-state index in [9.17, 15) is 9.59 Å². The zero-order valence-electron chi connectivity index (χ0n) is 14.1. The van der Waals surface area contributed by atoms with Crippen molar-refractivity contribution in [1.82, 2.24) is 20.8 Å². The monoisotopic (exact) mass is 382 g/mol. The van der Waals surface area contributed by atoms with Gasteiger partial charge in [-0.25, -0.2) is 9.97 Å². The summed E-state index contributed by atoms with van der Waals surface area (Å²) in [5, 5.41) is 0.642. The van der Waals surface area contributed by atoms with Crippen LogP contribution >= 0.6 is 11.6 Å². The molecule has 0 radical (unpaired) electrons. The molecule has 0 bridgehead atoms. The minimum atomic E-state index is -0.600. The first-order valence-electron chi connectivity index (χ1n) is 7.97. The molecule has 7 nitrogen and oxygen atoms in total. The molecule has 0 aliphatic rings. The maximum atomic E-state index is 12.1. The molecule has 2 N–H and O–H groups in total. The Morgan fingerprint density at radius 3 is 2.19 bits per heavy atom. The van der Waals surface area contributed by atoms with Crippen LogP contribution in [-0.2, 0) is 6.61 Å². The summed E-state index contributed by atoms with van der Waals surface area (Å²) < 4.78 is 5.65. The van der Waals surface area contributed by atoms with Gasteiger partial charge in [0.2, 0.25) is 5.82 Å². The van der Waals surface area contributed by atoms with Crippen molar-refractivity contribution in [2.75, 3.05) is 0 Å². The molecule has 27 heavy (non-hydrogen) atoms. The van der Waals surface area contributed by atoms with Crippen molar-refractivity contribution in [3.8, 4) is 5.75 Å². The Labute approximate surface area is 160 Å². The maximum Gasteiger partial charge on any atom is 0.307 e. The van der Waals surface area contributed by atoms with Crippen molar-refractivity contribution in [1.29, 1.82) is 0 Å². The molecule has 0 fully saturated rings. The number of amides is 2. The Balaban J connectivity index is 1.51. The summed E-state index contributed by atoms with van der Waals surface area (Å²) in [6.07, 6.45) is 2.88. The lowest BCUT2D eigenvalue weighted by atomic mass is 10.1. The van der Waals surface area contributed by atoms with E-state index in [2.05, 4.69) is 20.8 Å². The van der Waals surface area contributed by atoms with E-state index < -0.39 is 11.8 Å². The standard InChI is InChI=1S/C19H15ClN4O3/c20-15-6-8-16(9-7-15)27-12-13-2-4-14(5-3-13)18(25)23-24-19(26)17-21-10-1-11-22-17/h1-11H,12H2,(H,23,25)(H,24,26). The van der Waals surface area contributed by atoms with E-state index in [0.29, 0.717) is 22.9 Å². The van der Waals surface area contributed by atoms with Gasteiger partial charge in [0.15, 0.2) is 0 Å². The second-order valence-electron chi connectivity index (χ2n) is 5.42. The van der Waals surface area contributed by atoms with Crippen LogP contribution in [0.1, 0.15) is 26.5 Å². The number of aromatic nitrogens is 2. The third-order valence-corrected chi connectivity index (χ3v) is 3.75. The molecular formula is C19H15ClN4O3. The summed E-state index contributed by atoms with van der Waals surface area (Å²) in [5.41, 5.74) is 5.86. The molecule has 0 saturated carbocycles. The maximum absolute atomic E-state index is 12.1. The van der Waals surface area contributed by atoms with Gasteiger partial charge in [0.1, 0.15) is 12.4 Å². The average Bonchev–Trinajstić information content (AvgIpc) is 2.72. The Kier molecular flexibility index (Phi) is 5.96. The molecule has 2 amide bonds. The van der Waals surface area contributed by atoms with Gasteiger partial charge < -0.3 is 4.74 Å². The summed E-state index contributed by atoms with van der Waals surface area (Å²) in [5.74, 6) is -0.388. The molecule has 1 heterocycles. The Bertz CT molecular complexity index is 916. The van der Waals surface area contributed by atoms with Gasteiger partial charge >= 0.3 is 5.91 Å². The van der Waals surface area contributed by atoms with Crippen LogP contribution in [0.15, 0.2) is 67.0 Å². The van der Waals surface area contributed by atoms with Crippen molar-refractivity contribution in [2.45, 2.75) is 6.61 Å². The number of benzene rings is 2. The minimum absolute atomic E-state index is 0.0347. The third kappa shape index (κ3) is 5.26. The number of hydrogen-bond acceptors (Lipinski definition) is 5. The molecule has 0 aliphatic carbocycles. The van der Waals surface area contributed by atoms with E-state index in [1.54, 1.807) is 54.6 Å². The van der Waals surface area contributed by atoms with Gasteiger partial charge in [0.05, 0.1) is 0 Å². The summed E-state index contributed by atoms with van der Waals surface area (Å²) in [4.78, 5) is 31.5. The molecule has 0 atom stereocenters. The number of rotatable bonds is 5. The highest BCUT2D eigenvalue weighted by Crippen LogP contribution is 2.17. The highest BCUT2D eigenvalue weighted by molar-refractivity contribution is 6.30. The normalized spacial score (nSPS) is 10.1. The van der Waals surface area contributed by atoms with E-state index in [-0.39, 0.29) is 5.82 Å². The van der Waals surface area contributed by atoms with Gasteiger partial charge in [-0.2, -0.15) is 0 Å². The first kappa shape index (κ1) is 18.3. The summed E-state index contributed by atoms with van der Waals surface area (Å²) in [6.45, 7) is 0.353. The van der Waals surface area contributed by atoms with E-state index in [1.807, 2.05) is 0 Å². The number of hydrazine groups is 1. The Hall–Kier alpha value is -3.45. The molecule has 8 heteroatoms. The zero-order chi connectivity index (χ0) is 19.1. The quantitative estimate of drug-likeness (QED) is 0.662. The van der Waals surface area contributed by atoms with Gasteiger partial charge in [-0.3, -0.25) is 20.4 Å². The zero-order valence-corrected chi connectivity index (χ0v) is 14.8. The highest BCUT2D eigenvalue weighted by atomic mass is 35.5. The number of halogens is 1. The fraction of sp³-hybridized carbons (Fsp3) is 0.0526. The molecule has 136 valence electrons. The van der Waals surface area contributed by atoms with Crippen LogP contribution in [0.25, 0.3) is 0 Å². The number of ether oxygens (including phenoxy) is 1. The van der Waals surface area contributed by atoms with E-state index in [1.165, 1.54) is 12.4 Å². The largest absolute Gasteiger partial charge is 0.489 e. The SMILES string of the molecule is O=C(NNC(=O)c1ncccn1)c1ccc(COc2ccc(Cl)cc2)cc1. The molecule has 0 spiro atoms. The molecular weight excluding hydrogens is 368 g/mol. The van der Waals surface area contributed by atoms with Crippen LogP contribution in [0.4, 0.5) is 0 Å². The number of nitrogens with one attached hydrogen (secondary N) is 2. The fourth-order valence-corrected chi connectivity index (χ4v) is 2.23. The van der Waals surface area contributed by atoms with Crippen molar-refractivity contribution in [3.63, 3.8) is 0 Å². The van der Waals surface area contributed by atoms with Crippen LogP contribution in [-0.4, -0.2) is 21.8 Å². The van der Waals surface area contributed by atoms with Gasteiger partial charge in [-0.1, -0.05) is 23.7 Å². The van der Waals surface area contributed by atoms with Gasteiger partial charge in [-0.15, -0.1) is 0 Å². The lowest BCUT2D eigenvalue weighted by Gasteiger charge is -2.08. The Morgan fingerprint density at radius 2 is 1.52 bits per heavy atom. The van der Waals surface area contributed by atoms with Gasteiger partial charge in [0.25, 0.3) is 5.91 Å². The summed E-state index contributed by atoms with van der Waals surface area (Å²) in [7, 11) is 0. The number of hydrogen-bond donors (Lipinski definition) is 2. The second kappa shape index (κ2) is 8.77. The minimum Gasteiger partial charge on any atom is -0.489 e. The molecule has 0 aliphatic heterocycles. The van der Waals surface area contributed by atoms with Crippen molar-refractivity contribution >= 4 is 23.4 Å². The average molecular weight is 383 g/mol. The molecule has 0 unspecified atom stereocenters. The molecule has 0 saturated heterocycles. The summed E-state index contributed by atoms with van der Waals surface area (Å²) in [6, 6.07) is 15.5. The molecule has 2 aromatic carbocycles. The first-order valence-corrected chi connectivity index (χ1v) is 8.34. The van der Waals surface area contributed by atoms with Crippen LogP contribution in [0, 0.1) is 0 Å². The fourth-order valence-electron chi connectivity index (χ4n) is 2.11. The molecule has 3 aromatic rings. The summed E-state index contributed by atoms with van der Waals surface area (Å²) >= 11 is 5.83. The predicted octanol–water partition coefficient (Wildman–Crippen LogP) is 2.78. The Morgan fingerprint density at radius 1 is 0.889 bits per heavy atom. The lowest BCUT2D eigenvalue weighted by molar-refractivity contribution is 0.0841. The van der Waals surface area contributed by atoms with Gasteiger partial charge in [0, 0.05) is 23.0 Å².